The van der Waals surface area contributed by atoms with E-state index in [0.717, 1.165) is 22.6 Å². The molecule has 0 fully saturated rings. The molecule has 0 amide bonds. The molecule has 1 heterocycles. The molecule has 0 aliphatic rings. The van der Waals surface area contributed by atoms with Crippen LogP contribution in [-0.2, 0) is 19.7 Å². The van der Waals surface area contributed by atoms with Gasteiger partial charge in [0, 0.05) is 40.5 Å². The summed E-state index contributed by atoms with van der Waals surface area (Å²) >= 11 is 12.1. The van der Waals surface area contributed by atoms with E-state index in [-0.39, 0.29) is 12.4 Å². The lowest BCUT2D eigenvalue weighted by molar-refractivity contribution is 0.302. The minimum Gasteiger partial charge on any atom is -0.489 e. The molecule has 0 aliphatic carbocycles. The van der Waals surface area contributed by atoms with Crippen LogP contribution in [0, 0.1) is 0 Å². The number of benzene rings is 2. The van der Waals surface area contributed by atoms with Crippen molar-refractivity contribution in [2.45, 2.75) is 19.7 Å². The Hall–Kier alpha value is -1.78. The van der Waals surface area contributed by atoms with E-state index >= 15 is 0 Å². The van der Waals surface area contributed by atoms with Crippen molar-refractivity contribution < 1.29 is 4.74 Å². The number of hydrogen-bond acceptors (Lipinski definition) is 3. The molecule has 0 saturated heterocycles. The van der Waals surface area contributed by atoms with Crippen LogP contribution in [-0.4, -0.2) is 4.98 Å². The maximum atomic E-state index is 6.20. The fourth-order valence-electron chi connectivity index (χ4n) is 2.41. The molecule has 3 aromatic rings. The first-order valence-corrected chi connectivity index (χ1v) is 8.73. The minimum absolute atomic E-state index is 0. The smallest absolute Gasteiger partial charge is 0.124 e. The number of para-hydroxylation sites is 1. The molecular formula is C20H19Cl3N2O. The first-order chi connectivity index (χ1) is 12.2. The van der Waals surface area contributed by atoms with Gasteiger partial charge in [-0.05, 0) is 30.3 Å². The van der Waals surface area contributed by atoms with Crippen LogP contribution in [0.15, 0.2) is 66.9 Å². The zero-order valence-corrected chi connectivity index (χ0v) is 16.3. The molecule has 0 saturated carbocycles. The van der Waals surface area contributed by atoms with E-state index in [1.165, 1.54) is 0 Å². The molecule has 0 unspecified atom stereocenters. The number of rotatable bonds is 7. The summed E-state index contributed by atoms with van der Waals surface area (Å²) in [7, 11) is 0. The Balaban J connectivity index is 0.00000243. The molecule has 6 heteroatoms. The van der Waals surface area contributed by atoms with Gasteiger partial charge in [-0.2, -0.15) is 0 Å². The van der Waals surface area contributed by atoms with Crippen LogP contribution in [0.25, 0.3) is 0 Å². The van der Waals surface area contributed by atoms with Crippen molar-refractivity contribution >= 4 is 35.6 Å². The van der Waals surface area contributed by atoms with Gasteiger partial charge in [0.25, 0.3) is 0 Å². The van der Waals surface area contributed by atoms with E-state index in [0.29, 0.717) is 29.7 Å². The van der Waals surface area contributed by atoms with E-state index in [4.69, 9.17) is 27.9 Å². The lowest BCUT2D eigenvalue weighted by Crippen LogP contribution is -2.14. The summed E-state index contributed by atoms with van der Waals surface area (Å²) in [4.78, 5) is 4.31. The van der Waals surface area contributed by atoms with Crippen molar-refractivity contribution in [3.05, 3.63) is 93.7 Å². The molecule has 0 spiro atoms. The summed E-state index contributed by atoms with van der Waals surface area (Å²) in [5.41, 5.74) is 3.00. The van der Waals surface area contributed by atoms with Crippen LogP contribution < -0.4 is 10.1 Å². The van der Waals surface area contributed by atoms with Gasteiger partial charge < -0.3 is 10.1 Å². The highest BCUT2D eigenvalue weighted by Gasteiger charge is 2.06. The van der Waals surface area contributed by atoms with Gasteiger partial charge in [-0.15, -0.1) is 12.4 Å². The summed E-state index contributed by atoms with van der Waals surface area (Å²) in [6.07, 6.45) is 1.80. The van der Waals surface area contributed by atoms with Gasteiger partial charge in [-0.1, -0.05) is 53.5 Å². The molecule has 2 aromatic carbocycles. The third-order valence-corrected chi connectivity index (χ3v) is 4.31. The topological polar surface area (TPSA) is 34.1 Å². The van der Waals surface area contributed by atoms with Crippen LogP contribution in [0.2, 0.25) is 10.0 Å². The Morgan fingerprint density at radius 3 is 2.46 bits per heavy atom. The van der Waals surface area contributed by atoms with Gasteiger partial charge in [0.15, 0.2) is 0 Å². The maximum absolute atomic E-state index is 6.20. The minimum atomic E-state index is 0. The second kappa shape index (κ2) is 10.4. The van der Waals surface area contributed by atoms with E-state index in [9.17, 15) is 0 Å². The van der Waals surface area contributed by atoms with Crippen LogP contribution in [0.1, 0.15) is 16.8 Å². The van der Waals surface area contributed by atoms with Crippen molar-refractivity contribution in [1.29, 1.82) is 0 Å². The SMILES string of the molecule is Cl.Clc1ccc(COc2ccccc2CNCc2ccccn2)c(Cl)c1. The molecule has 1 N–H and O–H groups in total. The summed E-state index contributed by atoms with van der Waals surface area (Å²) < 4.78 is 5.96. The highest BCUT2D eigenvalue weighted by molar-refractivity contribution is 6.35. The Morgan fingerprint density at radius 1 is 0.885 bits per heavy atom. The lowest BCUT2D eigenvalue weighted by atomic mass is 10.2. The third-order valence-electron chi connectivity index (χ3n) is 3.72. The maximum Gasteiger partial charge on any atom is 0.124 e. The van der Waals surface area contributed by atoms with E-state index in [1.54, 1.807) is 12.3 Å². The summed E-state index contributed by atoms with van der Waals surface area (Å²) in [5, 5.41) is 4.62. The van der Waals surface area contributed by atoms with Crippen LogP contribution >= 0.6 is 35.6 Å². The Kier molecular flexibility index (Phi) is 8.20. The Morgan fingerprint density at radius 2 is 1.69 bits per heavy atom. The molecule has 26 heavy (non-hydrogen) atoms. The van der Waals surface area contributed by atoms with Crippen LogP contribution in [0.3, 0.4) is 0 Å². The first-order valence-electron chi connectivity index (χ1n) is 7.97. The summed E-state index contributed by atoms with van der Waals surface area (Å²) in [6, 6.07) is 19.3. The van der Waals surface area contributed by atoms with Crippen molar-refractivity contribution in [2.75, 3.05) is 0 Å². The van der Waals surface area contributed by atoms with Gasteiger partial charge in [0.2, 0.25) is 0 Å². The van der Waals surface area contributed by atoms with Gasteiger partial charge in [0.05, 0.1) is 5.69 Å². The number of nitrogens with zero attached hydrogens (tertiary/aromatic N) is 1. The predicted octanol–water partition coefficient (Wildman–Crippen LogP) is 5.68. The molecule has 3 rings (SSSR count). The second-order valence-electron chi connectivity index (χ2n) is 5.56. The first kappa shape index (κ1) is 20.5. The summed E-state index contributed by atoms with van der Waals surface area (Å²) in [5.74, 6) is 0.835. The van der Waals surface area contributed by atoms with Crippen molar-refractivity contribution in [2.24, 2.45) is 0 Å². The van der Waals surface area contributed by atoms with Crippen LogP contribution in [0.5, 0.6) is 5.75 Å². The Labute approximate surface area is 169 Å². The highest BCUT2D eigenvalue weighted by Crippen LogP contribution is 2.24. The zero-order valence-electron chi connectivity index (χ0n) is 14.0. The van der Waals surface area contributed by atoms with E-state index in [2.05, 4.69) is 10.3 Å². The standard InChI is InChI=1S/C20H18Cl2N2O.ClH/c21-17-9-8-16(19(22)11-17)14-25-20-7-2-1-5-15(20)12-23-13-18-6-3-4-10-24-18;/h1-11,23H,12-14H2;1H. The number of nitrogens with one attached hydrogen (secondary N) is 1. The zero-order chi connectivity index (χ0) is 17.5. The lowest BCUT2D eigenvalue weighted by Gasteiger charge is -2.13. The molecule has 136 valence electrons. The number of pyridine rings is 1. The molecule has 0 radical (unpaired) electrons. The fourth-order valence-corrected chi connectivity index (χ4v) is 2.88. The third kappa shape index (κ3) is 5.89. The van der Waals surface area contributed by atoms with Crippen molar-refractivity contribution in [3.63, 3.8) is 0 Å². The molecular weight excluding hydrogens is 391 g/mol. The highest BCUT2D eigenvalue weighted by atomic mass is 35.5. The fraction of sp³-hybridized carbons (Fsp3) is 0.150. The van der Waals surface area contributed by atoms with Gasteiger partial charge in [0.1, 0.15) is 12.4 Å². The van der Waals surface area contributed by atoms with Gasteiger partial charge >= 0.3 is 0 Å². The Bertz CT molecular complexity index is 828. The molecule has 3 nitrogen and oxygen atoms in total. The molecule has 0 bridgehead atoms. The molecule has 1 aromatic heterocycles. The quantitative estimate of drug-likeness (QED) is 0.545. The predicted molar refractivity (Wildman–Crippen MR) is 109 cm³/mol. The van der Waals surface area contributed by atoms with E-state index < -0.39 is 0 Å². The van der Waals surface area contributed by atoms with Gasteiger partial charge in [-0.3, -0.25) is 4.98 Å². The number of ether oxygens (including phenoxy) is 1. The number of aromatic nitrogens is 1. The van der Waals surface area contributed by atoms with E-state index in [1.807, 2.05) is 54.6 Å². The largest absolute Gasteiger partial charge is 0.489 e. The second-order valence-corrected chi connectivity index (χ2v) is 6.40. The molecule has 0 aliphatic heterocycles. The number of hydrogen-bond donors (Lipinski definition) is 1. The monoisotopic (exact) mass is 408 g/mol. The van der Waals surface area contributed by atoms with Crippen molar-refractivity contribution in [3.8, 4) is 5.75 Å². The molecule has 0 atom stereocenters. The average Bonchev–Trinajstić information content (AvgIpc) is 2.63. The summed E-state index contributed by atoms with van der Waals surface area (Å²) in [6.45, 7) is 1.80. The average molecular weight is 410 g/mol. The normalized spacial score (nSPS) is 10.2. The van der Waals surface area contributed by atoms with Crippen molar-refractivity contribution in [1.82, 2.24) is 10.3 Å². The number of halogens is 3. The van der Waals surface area contributed by atoms with Gasteiger partial charge in [-0.25, -0.2) is 0 Å². The van der Waals surface area contributed by atoms with Crippen LogP contribution in [0.4, 0.5) is 0 Å².